The van der Waals surface area contributed by atoms with E-state index < -0.39 is 77.2 Å². The molecule has 1 N–H and O–H groups in total. The van der Waals surface area contributed by atoms with Crippen LogP contribution in [0.5, 0.6) is 0 Å². The van der Waals surface area contributed by atoms with Crippen molar-refractivity contribution in [3.8, 4) is 0 Å². The number of hydrogen-bond acceptors (Lipinski definition) is 12. The van der Waals surface area contributed by atoms with Crippen LogP contribution in [0.1, 0.15) is 58.8 Å². The van der Waals surface area contributed by atoms with E-state index in [1.165, 1.54) is 13.8 Å². The van der Waals surface area contributed by atoms with Crippen LogP contribution in [-0.2, 0) is 47.5 Å². The molecule has 19 heteroatoms. The second kappa shape index (κ2) is 20.8. The highest BCUT2D eigenvalue weighted by Gasteiger charge is 2.47. The van der Waals surface area contributed by atoms with Crippen molar-refractivity contribution in [2.24, 2.45) is 34.7 Å². The van der Waals surface area contributed by atoms with Gasteiger partial charge in [0.2, 0.25) is 0 Å². The minimum Gasteiger partial charge on any atom is -0.463 e. The van der Waals surface area contributed by atoms with Gasteiger partial charge in [0, 0.05) is 37.1 Å². The molecule has 1 amide bonds. The van der Waals surface area contributed by atoms with E-state index in [1.807, 2.05) is 27.7 Å². The Morgan fingerprint density at radius 1 is 0.717 bits per heavy atom. The predicted octanol–water partition coefficient (Wildman–Crippen LogP) is 5.11. The summed E-state index contributed by atoms with van der Waals surface area (Å²) in [5, 5.41) is 4.66. The molecule has 10 atom stereocenters. The SMILES string of the molecule is CC(=O)OCC1O[C@@H](O[C@H]2C(COC(C)=O)O[C@@H](OCCOCCOCCNC(=O)c3c(F)c(F)c(N=[N+]=[N-])c(F)c3F)C(C)[C@H]2C)C(C)[C@@H](C)[C@H]1C. The Bertz CT molecular complexity index is 1440. The van der Waals surface area contributed by atoms with Crippen LogP contribution in [0.15, 0.2) is 5.11 Å². The lowest BCUT2D eigenvalue weighted by Gasteiger charge is -2.48. The van der Waals surface area contributed by atoms with Gasteiger partial charge in [0.15, 0.2) is 35.8 Å². The Hall–Kier alpha value is -3.58. The van der Waals surface area contributed by atoms with Crippen molar-refractivity contribution in [1.29, 1.82) is 0 Å². The lowest BCUT2D eigenvalue weighted by Crippen LogP contribution is -2.56. The van der Waals surface area contributed by atoms with Gasteiger partial charge in [-0.1, -0.05) is 39.7 Å². The summed E-state index contributed by atoms with van der Waals surface area (Å²) in [4.78, 5) is 37.4. The zero-order valence-electron chi connectivity index (χ0n) is 30.8. The van der Waals surface area contributed by atoms with Crippen LogP contribution in [0.3, 0.4) is 0 Å². The number of nitrogens with one attached hydrogen (secondary N) is 1. The first-order valence-electron chi connectivity index (χ1n) is 17.3. The lowest BCUT2D eigenvalue weighted by atomic mass is 9.78. The number of halogens is 4. The van der Waals surface area contributed by atoms with Crippen LogP contribution in [0.25, 0.3) is 10.4 Å². The Morgan fingerprint density at radius 3 is 1.83 bits per heavy atom. The molecular weight excluding hydrogens is 716 g/mol. The van der Waals surface area contributed by atoms with Gasteiger partial charge in [0.05, 0.1) is 45.2 Å². The van der Waals surface area contributed by atoms with Crippen LogP contribution in [0.4, 0.5) is 23.2 Å². The number of azide groups is 1. The highest BCUT2D eigenvalue weighted by Crippen LogP contribution is 2.40. The molecule has 53 heavy (non-hydrogen) atoms. The number of nitrogens with zero attached hydrogens (tertiary/aromatic N) is 3. The molecular formula is C34H48F4N4O11. The second-order valence-electron chi connectivity index (χ2n) is 13.1. The first kappa shape index (κ1) is 43.8. The van der Waals surface area contributed by atoms with Crippen molar-refractivity contribution in [2.75, 3.05) is 52.8 Å². The van der Waals surface area contributed by atoms with Gasteiger partial charge in [0.1, 0.15) is 30.6 Å². The second-order valence-corrected chi connectivity index (χ2v) is 13.1. The lowest BCUT2D eigenvalue weighted by molar-refractivity contribution is -0.329. The first-order chi connectivity index (χ1) is 25.1. The summed E-state index contributed by atoms with van der Waals surface area (Å²) >= 11 is 0. The minimum atomic E-state index is -2.00. The summed E-state index contributed by atoms with van der Waals surface area (Å²) in [6.07, 6.45) is -2.86. The van der Waals surface area contributed by atoms with Crippen LogP contribution >= 0.6 is 0 Å². The number of esters is 2. The molecule has 2 fully saturated rings. The number of benzene rings is 1. The number of rotatable bonds is 18. The molecule has 3 rings (SSSR count). The van der Waals surface area contributed by atoms with Crippen LogP contribution < -0.4 is 5.32 Å². The largest absolute Gasteiger partial charge is 0.463 e. The van der Waals surface area contributed by atoms with E-state index in [4.69, 9.17) is 43.4 Å². The molecule has 2 heterocycles. The van der Waals surface area contributed by atoms with E-state index in [0.29, 0.717) is 0 Å². The summed E-state index contributed by atoms with van der Waals surface area (Å²) in [5.74, 6) is -10.3. The van der Waals surface area contributed by atoms with Gasteiger partial charge in [0.25, 0.3) is 5.91 Å². The average molecular weight is 765 g/mol. The molecule has 2 aliphatic rings. The van der Waals surface area contributed by atoms with Crippen molar-refractivity contribution in [1.82, 2.24) is 5.32 Å². The summed E-state index contributed by atoms with van der Waals surface area (Å²) in [5.41, 5.74) is 5.29. The normalized spacial score (nSPS) is 28.5. The Morgan fingerprint density at radius 2 is 1.25 bits per heavy atom. The molecule has 0 aromatic heterocycles. The monoisotopic (exact) mass is 764 g/mol. The third-order valence-corrected chi connectivity index (χ3v) is 9.65. The highest BCUT2D eigenvalue weighted by atomic mass is 19.2. The molecule has 0 saturated carbocycles. The number of carbonyl (C=O) groups is 3. The average Bonchev–Trinajstić information content (AvgIpc) is 3.11. The molecule has 298 valence electrons. The summed E-state index contributed by atoms with van der Waals surface area (Å²) in [7, 11) is 0. The van der Waals surface area contributed by atoms with E-state index in [9.17, 15) is 31.9 Å². The minimum absolute atomic E-state index is 0.00536. The zero-order valence-corrected chi connectivity index (χ0v) is 30.8. The topological polar surface area (TPSA) is 186 Å². The van der Waals surface area contributed by atoms with E-state index in [2.05, 4.69) is 22.3 Å². The van der Waals surface area contributed by atoms with Crippen LogP contribution in [0.2, 0.25) is 0 Å². The standard InChI is InChI=1S/C34H48F4N4O11/c1-16-17(2)23(14-49-21(6)43)51-34(19(16)4)53-31-18(3)20(5)33(52-24(31)15-50-22(7)44)48-13-12-47-11-10-46-9-8-40-32(45)25-26(35)28(37)30(41-42-39)29(38)27(25)36/h16-20,23-24,31,33-34H,8-15H2,1-7H3,(H,40,45)/t16-,17+,18+,19?,20?,23?,24?,31+,33+,34-/m0/s1. The van der Waals surface area contributed by atoms with Crippen LogP contribution in [0, 0.1) is 52.9 Å². The zero-order chi connectivity index (χ0) is 39.4. The summed E-state index contributed by atoms with van der Waals surface area (Å²) in [6.45, 7) is 12.9. The molecule has 2 saturated heterocycles. The molecule has 0 radical (unpaired) electrons. The van der Waals surface area contributed by atoms with Gasteiger partial charge in [-0.3, -0.25) is 14.4 Å². The number of amides is 1. The van der Waals surface area contributed by atoms with E-state index in [-0.39, 0.29) is 88.5 Å². The third-order valence-electron chi connectivity index (χ3n) is 9.65. The van der Waals surface area contributed by atoms with Gasteiger partial charge in [-0.2, -0.15) is 0 Å². The molecule has 2 aliphatic heterocycles. The molecule has 1 aromatic carbocycles. The van der Waals surface area contributed by atoms with E-state index in [0.717, 1.165) is 0 Å². The Labute approximate surface area is 304 Å². The fourth-order valence-corrected chi connectivity index (χ4v) is 6.00. The van der Waals surface area contributed by atoms with Gasteiger partial charge in [-0.25, -0.2) is 17.6 Å². The number of carbonyl (C=O) groups excluding carboxylic acids is 3. The van der Waals surface area contributed by atoms with E-state index >= 15 is 0 Å². The quantitative estimate of drug-likeness (QED) is 0.0399. The predicted molar refractivity (Wildman–Crippen MR) is 176 cm³/mol. The first-order valence-corrected chi connectivity index (χ1v) is 17.3. The molecule has 0 bridgehead atoms. The van der Waals surface area contributed by atoms with Gasteiger partial charge in [-0.05, 0) is 23.3 Å². The summed E-state index contributed by atoms with van der Waals surface area (Å²) in [6, 6.07) is 0. The maximum atomic E-state index is 14.2. The fraction of sp³-hybridized carbons (Fsp3) is 0.735. The molecule has 4 unspecified atom stereocenters. The third kappa shape index (κ3) is 11.7. The Balaban J connectivity index is 1.43. The van der Waals surface area contributed by atoms with Crippen molar-refractivity contribution >= 4 is 23.5 Å². The highest BCUT2D eigenvalue weighted by molar-refractivity contribution is 5.95. The van der Waals surface area contributed by atoms with Gasteiger partial charge >= 0.3 is 11.9 Å². The van der Waals surface area contributed by atoms with Gasteiger partial charge in [-0.15, -0.1) is 0 Å². The van der Waals surface area contributed by atoms with Gasteiger partial charge < -0.3 is 43.2 Å². The molecule has 15 nitrogen and oxygen atoms in total. The molecule has 1 aromatic rings. The smallest absolute Gasteiger partial charge is 0.302 e. The van der Waals surface area contributed by atoms with Crippen molar-refractivity contribution in [3.63, 3.8) is 0 Å². The van der Waals surface area contributed by atoms with Crippen molar-refractivity contribution in [3.05, 3.63) is 39.3 Å². The molecule has 0 aliphatic carbocycles. The summed E-state index contributed by atoms with van der Waals surface area (Å²) < 4.78 is 103. The van der Waals surface area contributed by atoms with Crippen LogP contribution in [-0.4, -0.2) is 102 Å². The number of ether oxygens (including phenoxy) is 8. The van der Waals surface area contributed by atoms with Crippen molar-refractivity contribution < 1.29 is 69.8 Å². The Kier molecular flexibility index (Phi) is 17.2. The fourth-order valence-electron chi connectivity index (χ4n) is 6.00. The van der Waals surface area contributed by atoms with E-state index in [1.54, 1.807) is 0 Å². The number of hydrogen-bond donors (Lipinski definition) is 1. The maximum Gasteiger partial charge on any atom is 0.302 e. The maximum absolute atomic E-state index is 14.2. The van der Waals surface area contributed by atoms with Crippen molar-refractivity contribution in [2.45, 2.75) is 79.4 Å². The molecule has 0 spiro atoms.